The molecular weight excluding hydrogens is 156 g/mol. The van der Waals surface area contributed by atoms with Gasteiger partial charge < -0.3 is 4.72 Å². The van der Waals surface area contributed by atoms with Crippen molar-refractivity contribution in [1.29, 1.82) is 0 Å². The molecule has 0 saturated heterocycles. The summed E-state index contributed by atoms with van der Waals surface area (Å²) < 4.78 is 7.16. The Morgan fingerprint density at radius 3 is 3.00 bits per heavy atom. The van der Waals surface area contributed by atoms with Crippen LogP contribution in [0.2, 0.25) is 0 Å². The standard InChI is InChI=1S/C8H7N2S/c1-6-7-4-2-3-5-8(7)10-11-9-6/h2-5,10H,1H2. The number of hydrogen-bond acceptors (Lipinski definition) is 3. The molecule has 1 N–H and O–H groups in total. The average molecular weight is 163 g/mol. The molecule has 2 nitrogen and oxygen atoms in total. The number of nitrogens with zero attached hydrogens (tertiary/aromatic N) is 1. The molecule has 0 aliphatic carbocycles. The quantitative estimate of drug-likeness (QED) is 0.593. The molecule has 55 valence electrons. The van der Waals surface area contributed by atoms with Crippen molar-refractivity contribution in [2.24, 2.45) is 4.40 Å². The molecule has 0 saturated carbocycles. The first-order valence-corrected chi connectivity index (χ1v) is 4.06. The van der Waals surface area contributed by atoms with Crippen LogP contribution in [0.15, 0.2) is 28.7 Å². The predicted molar refractivity (Wildman–Crippen MR) is 49.5 cm³/mol. The van der Waals surface area contributed by atoms with E-state index < -0.39 is 0 Å². The van der Waals surface area contributed by atoms with Crippen LogP contribution in [0.3, 0.4) is 0 Å². The Bertz CT molecular complexity index is 307. The minimum Gasteiger partial charge on any atom is -0.310 e. The third-order valence-electron chi connectivity index (χ3n) is 1.55. The number of rotatable bonds is 0. The largest absolute Gasteiger partial charge is 0.310 e. The highest BCUT2D eigenvalue weighted by Gasteiger charge is 2.08. The van der Waals surface area contributed by atoms with Gasteiger partial charge in [-0.25, -0.2) is 0 Å². The Hall–Kier alpha value is -0.960. The maximum absolute atomic E-state index is 4.08. The SMILES string of the molecule is [CH2]C1=NSNc2ccccc21. The van der Waals surface area contributed by atoms with E-state index in [-0.39, 0.29) is 0 Å². The molecule has 3 heteroatoms. The van der Waals surface area contributed by atoms with Crippen molar-refractivity contribution < 1.29 is 0 Å². The number of nitrogens with one attached hydrogen (secondary N) is 1. The molecular formula is C8H7N2S. The molecule has 0 atom stereocenters. The smallest absolute Gasteiger partial charge is 0.0904 e. The zero-order valence-electron chi connectivity index (χ0n) is 5.87. The molecule has 2 rings (SSSR count). The molecule has 1 radical (unpaired) electrons. The first-order valence-electron chi connectivity index (χ1n) is 3.29. The normalized spacial score (nSPS) is 14.8. The van der Waals surface area contributed by atoms with Gasteiger partial charge in [0.1, 0.15) is 0 Å². The summed E-state index contributed by atoms with van der Waals surface area (Å²) in [6.45, 7) is 3.83. The van der Waals surface area contributed by atoms with Crippen molar-refractivity contribution in [2.45, 2.75) is 0 Å². The minimum atomic E-state index is 0.837. The van der Waals surface area contributed by atoms with E-state index in [0.717, 1.165) is 17.0 Å². The van der Waals surface area contributed by atoms with Gasteiger partial charge in [0.2, 0.25) is 0 Å². The number of anilines is 1. The number of para-hydroxylation sites is 1. The monoisotopic (exact) mass is 163 g/mol. The molecule has 1 aliphatic rings. The van der Waals surface area contributed by atoms with E-state index >= 15 is 0 Å². The summed E-state index contributed by atoms with van der Waals surface area (Å²) in [7, 11) is 0. The molecule has 0 fully saturated rings. The zero-order valence-corrected chi connectivity index (χ0v) is 6.69. The fraction of sp³-hybridized carbons (Fsp3) is 0. The van der Waals surface area contributed by atoms with Crippen molar-refractivity contribution in [2.75, 3.05) is 4.72 Å². The molecule has 0 bridgehead atoms. The van der Waals surface area contributed by atoms with Crippen LogP contribution in [0, 0.1) is 6.92 Å². The topological polar surface area (TPSA) is 24.4 Å². The molecule has 11 heavy (non-hydrogen) atoms. The first kappa shape index (κ1) is 6.73. The van der Waals surface area contributed by atoms with Crippen molar-refractivity contribution in [1.82, 2.24) is 0 Å². The Morgan fingerprint density at radius 2 is 2.18 bits per heavy atom. The van der Waals surface area contributed by atoms with Gasteiger partial charge in [-0.05, 0) is 13.0 Å². The van der Waals surface area contributed by atoms with Crippen molar-refractivity contribution in [3.05, 3.63) is 36.8 Å². The third-order valence-corrected chi connectivity index (χ3v) is 2.17. The molecule has 0 unspecified atom stereocenters. The Balaban J connectivity index is 2.56. The maximum Gasteiger partial charge on any atom is 0.0904 e. The second-order valence-electron chi connectivity index (χ2n) is 2.28. The van der Waals surface area contributed by atoms with E-state index in [1.54, 1.807) is 0 Å². The lowest BCUT2D eigenvalue weighted by molar-refractivity contribution is 1.59. The van der Waals surface area contributed by atoms with Crippen LogP contribution in [-0.2, 0) is 0 Å². The lowest BCUT2D eigenvalue weighted by Gasteiger charge is -2.13. The van der Waals surface area contributed by atoms with Gasteiger partial charge in [-0.15, -0.1) is 0 Å². The summed E-state index contributed by atoms with van der Waals surface area (Å²) >= 11 is 1.32. The second-order valence-corrected chi connectivity index (χ2v) is 2.85. The molecule has 0 amide bonds. The van der Waals surface area contributed by atoms with Crippen molar-refractivity contribution >= 4 is 23.5 Å². The molecule has 1 heterocycles. The third kappa shape index (κ3) is 1.12. The molecule has 1 aromatic rings. The summed E-state index contributed by atoms with van der Waals surface area (Å²) in [5.41, 5.74) is 3.02. The van der Waals surface area contributed by atoms with Gasteiger partial charge in [0.25, 0.3) is 0 Å². The number of hydrogen-bond donors (Lipinski definition) is 1. The van der Waals surface area contributed by atoms with Gasteiger partial charge in [0, 0.05) is 5.56 Å². The summed E-state index contributed by atoms with van der Waals surface area (Å²) in [5, 5.41) is 0. The van der Waals surface area contributed by atoms with Gasteiger partial charge in [0.05, 0.1) is 23.5 Å². The van der Waals surface area contributed by atoms with Gasteiger partial charge in [-0.2, -0.15) is 4.40 Å². The lowest BCUT2D eigenvalue weighted by Crippen LogP contribution is -2.04. The van der Waals surface area contributed by atoms with Crippen LogP contribution >= 0.6 is 12.1 Å². The predicted octanol–water partition coefficient (Wildman–Crippen LogP) is 2.30. The van der Waals surface area contributed by atoms with Gasteiger partial charge >= 0.3 is 0 Å². The van der Waals surface area contributed by atoms with Crippen LogP contribution in [0.4, 0.5) is 5.69 Å². The van der Waals surface area contributed by atoms with Gasteiger partial charge in [-0.1, -0.05) is 18.2 Å². The van der Waals surface area contributed by atoms with Crippen LogP contribution in [-0.4, -0.2) is 5.71 Å². The lowest BCUT2D eigenvalue weighted by atomic mass is 10.1. The molecule has 0 spiro atoms. The fourth-order valence-electron chi connectivity index (χ4n) is 1.00. The van der Waals surface area contributed by atoms with Crippen molar-refractivity contribution in [3.63, 3.8) is 0 Å². The van der Waals surface area contributed by atoms with E-state index in [2.05, 4.69) is 16.0 Å². The fourth-order valence-corrected chi connectivity index (χ4v) is 1.53. The Morgan fingerprint density at radius 1 is 1.36 bits per heavy atom. The van der Waals surface area contributed by atoms with E-state index in [1.165, 1.54) is 12.1 Å². The van der Waals surface area contributed by atoms with Crippen LogP contribution in [0.25, 0.3) is 0 Å². The maximum atomic E-state index is 4.08. The molecule has 1 aromatic carbocycles. The number of fused-ring (bicyclic) bond motifs is 1. The number of benzene rings is 1. The first-order chi connectivity index (χ1) is 5.38. The summed E-state index contributed by atoms with van der Waals surface area (Å²) in [6.07, 6.45) is 0. The van der Waals surface area contributed by atoms with E-state index in [1.807, 2.05) is 24.3 Å². The van der Waals surface area contributed by atoms with E-state index in [4.69, 9.17) is 0 Å². The summed E-state index contributed by atoms with van der Waals surface area (Å²) in [5.74, 6) is 0. The van der Waals surface area contributed by atoms with Crippen LogP contribution in [0.5, 0.6) is 0 Å². The zero-order chi connectivity index (χ0) is 7.68. The van der Waals surface area contributed by atoms with E-state index in [9.17, 15) is 0 Å². The average Bonchev–Trinajstić information content (AvgIpc) is 2.06. The van der Waals surface area contributed by atoms with Gasteiger partial charge in [0.15, 0.2) is 0 Å². The van der Waals surface area contributed by atoms with Crippen LogP contribution < -0.4 is 4.72 Å². The highest BCUT2D eigenvalue weighted by molar-refractivity contribution is 7.99. The molecule has 0 aromatic heterocycles. The highest BCUT2D eigenvalue weighted by atomic mass is 32.2. The summed E-state index contributed by atoms with van der Waals surface area (Å²) in [4.78, 5) is 0. The summed E-state index contributed by atoms with van der Waals surface area (Å²) in [6, 6.07) is 8.00. The van der Waals surface area contributed by atoms with E-state index in [0.29, 0.717) is 0 Å². The van der Waals surface area contributed by atoms with Crippen molar-refractivity contribution in [3.8, 4) is 0 Å². The molecule has 1 aliphatic heterocycles. The van der Waals surface area contributed by atoms with Crippen LogP contribution in [0.1, 0.15) is 5.56 Å². The van der Waals surface area contributed by atoms with Gasteiger partial charge in [-0.3, -0.25) is 0 Å². The highest BCUT2D eigenvalue weighted by Crippen LogP contribution is 2.24. The Kier molecular flexibility index (Phi) is 1.58. The minimum absolute atomic E-state index is 0.837. The Labute approximate surface area is 70.0 Å². The second kappa shape index (κ2) is 2.58.